The number of aryl methyl sites for hydroxylation is 1. The normalized spacial score (nSPS) is 21.2. The van der Waals surface area contributed by atoms with Crippen molar-refractivity contribution in [2.24, 2.45) is 10.7 Å². The number of aliphatic imine (C=N–C) groups is 1. The molecule has 0 aromatic carbocycles. The number of anilines is 1. The van der Waals surface area contributed by atoms with E-state index in [1.165, 1.54) is 10.6 Å². The lowest BCUT2D eigenvalue weighted by atomic mass is 9.95. The van der Waals surface area contributed by atoms with Crippen LogP contribution in [0.1, 0.15) is 12.6 Å². The third-order valence-electron chi connectivity index (χ3n) is 4.70. The molecule has 10 heteroatoms. The molecule has 0 saturated heterocycles. The number of nitrogens with zero attached hydrogens (tertiary/aromatic N) is 2. The molecule has 1 amide bonds. The summed E-state index contributed by atoms with van der Waals surface area (Å²) in [5.74, 6) is 0.0549. The number of dihydropyridines is 1. The molecule has 0 spiro atoms. The molecule has 1 unspecified atom stereocenters. The average molecular weight is 391 g/mol. The Labute approximate surface area is 156 Å². The van der Waals surface area contributed by atoms with Gasteiger partial charge in [0.1, 0.15) is 11.5 Å². The minimum absolute atomic E-state index is 0.0130. The number of aromatic nitrogens is 1. The summed E-state index contributed by atoms with van der Waals surface area (Å²) >= 11 is 0. The number of hydrogen-bond donors (Lipinski definition) is 3. The number of carbonyl (C=O) groups is 1. The number of sulfone groups is 1. The van der Waals surface area contributed by atoms with E-state index in [-0.39, 0.29) is 41.3 Å². The van der Waals surface area contributed by atoms with Crippen LogP contribution in [0, 0.1) is 6.92 Å². The summed E-state index contributed by atoms with van der Waals surface area (Å²) in [5.41, 5.74) is 7.51. The van der Waals surface area contributed by atoms with Gasteiger partial charge in [0.2, 0.25) is 6.41 Å². The van der Waals surface area contributed by atoms with E-state index in [1.807, 2.05) is 6.92 Å². The smallest absolute Gasteiger partial charge is 0.280 e. The maximum atomic E-state index is 13.1. The topological polar surface area (TPSA) is 136 Å². The number of rotatable bonds is 4. The zero-order chi connectivity index (χ0) is 19.9. The molecule has 3 heterocycles. The first-order chi connectivity index (χ1) is 12.7. The van der Waals surface area contributed by atoms with E-state index in [1.54, 1.807) is 6.92 Å². The van der Waals surface area contributed by atoms with Gasteiger partial charge in [-0.25, -0.2) is 8.42 Å². The fourth-order valence-corrected chi connectivity index (χ4v) is 4.72. The van der Waals surface area contributed by atoms with Crippen molar-refractivity contribution in [1.29, 1.82) is 0 Å². The summed E-state index contributed by atoms with van der Waals surface area (Å²) in [6.45, 7) is 7.71. The van der Waals surface area contributed by atoms with Gasteiger partial charge >= 0.3 is 0 Å². The van der Waals surface area contributed by atoms with E-state index in [9.17, 15) is 18.0 Å². The second-order valence-electron chi connectivity index (χ2n) is 6.45. The molecule has 144 valence electrons. The number of pyridine rings is 1. The van der Waals surface area contributed by atoms with Crippen LogP contribution in [-0.2, 0) is 14.6 Å². The van der Waals surface area contributed by atoms with E-state index >= 15 is 0 Å². The Bertz CT molecular complexity index is 1070. The van der Waals surface area contributed by atoms with Crippen molar-refractivity contribution in [3.63, 3.8) is 0 Å². The van der Waals surface area contributed by atoms with Gasteiger partial charge in [0.05, 0.1) is 22.4 Å². The molecule has 1 aromatic rings. The Balaban J connectivity index is 2.33. The maximum absolute atomic E-state index is 13.1. The van der Waals surface area contributed by atoms with Crippen LogP contribution in [0.2, 0.25) is 0 Å². The van der Waals surface area contributed by atoms with E-state index in [4.69, 9.17) is 5.73 Å². The number of nitrogens with two attached hydrogens (primary N) is 1. The van der Waals surface area contributed by atoms with Gasteiger partial charge in [0.25, 0.3) is 5.56 Å². The Morgan fingerprint density at radius 1 is 1.52 bits per heavy atom. The minimum atomic E-state index is -3.52. The Hall–Kier alpha value is -2.88. The monoisotopic (exact) mass is 391 g/mol. The zero-order valence-corrected chi connectivity index (χ0v) is 15.9. The van der Waals surface area contributed by atoms with Crippen molar-refractivity contribution in [1.82, 2.24) is 9.88 Å². The van der Waals surface area contributed by atoms with E-state index in [2.05, 4.69) is 22.2 Å². The predicted octanol–water partition coefficient (Wildman–Crippen LogP) is -0.371. The van der Waals surface area contributed by atoms with Crippen LogP contribution in [0.3, 0.4) is 0 Å². The first-order valence-electron chi connectivity index (χ1n) is 8.35. The number of carbonyl (C=O) groups excluding carboxylic acids is 1. The first kappa shape index (κ1) is 18.9. The highest BCUT2D eigenvalue weighted by atomic mass is 32.2. The molecule has 27 heavy (non-hydrogen) atoms. The largest absolute Gasteiger partial charge is 0.382 e. The van der Waals surface area contributed by atoms with Gasteiger partial charge in [0.15, 0.2) is 9.84 Å². The predicted molar refractivity (Wildman–Crippen MR) is 103 cm³/mol. The molecule has 2 aliphatic rings. The highest BCUT2D eigenvalue weighted by Crippen LogP contribution is 2.29. The molecule has 0 bridgehead atoms. The highest BCUT2D eigenvalue weighted by molar-refractivity contribution is 7.91. The van der Waals surface area contributed by atoms with Gasteiger partial charge in [-0.1, -0.05) is 6.58 Å². The Morgan fingerprint density at radius 3 is 2.89 bits per heavy atom. The summed E-state index contributed by atoms with van der Waals surface area (Å²) in [7, 11) is -3.52. The van der Waals surface area contributed by atoms with E-state index in [0.717, 1.165) is 0 Å². The summed E-state index contributed by atoms with van der Waals surface area (Å²) in [6, 6.07) is 1.15. The number of amides is 1. The molecular weight excluding hydrogens is 370 g/mol. The summed E-state index contributed by atoms with van der Waals surface area (Å²) in [6.07, 6.45) is 0.543. The van der Waals surface area contributed by atoms with Gasteiger partial charge in [-0.2, -0.15) is 0 Å². The van der Waals surface area contributed by atoms with Gasteiger partial charge in [0, 0.05) is 24.4 Å². The fourth-order valence-electron chi connectivity index (χ4n) is 3.31. The van der Waals surface area contributed by atoms with Crippen molar-refractivity contribution < 1.29 is 13.2 Å². The number of amidine groups is 1. The second kappa shape index (κ2) is 6.69. The fraction of sp³-hybridized carbons (Fsp3) is 0.353. The molecule has 2 aliphatic heterocycles. The van der Waals surface area contributed by atoms with Crippen LogP contribution in [0.25, 0.3) is 5.70 Å². The van der Waals surface area contributed by atoms with Crippen molar-refractivity contribution >= 4 is 33.5 Å². The number of hydrogen-bond acceptors (Lipinski definition) is 7. The Kier molecular flexibility index (Phi) is 4.68. The average Bonchev–Trinajstić information content (AvgIpc) is 2.59. The Morgan fingerprint density at radius 2 is 2.22 bits per heavy atom. The lowest BCUT2D eigenvalue weighted by Crippen LogP contribution is -2.38. The molecule has 0 radical (unpaired) electrons. The van der Waals surface area contributed by atoms with Gasteiger partial charge in [-0.05, 0) is 25.5 Å². The van der Waals surface area contributed by atoms with Crippen LogP contribution < -0.4 is 21.9 Å². The third-order valence-corrected chi connectivity index (χ3v) is 6.44. The molecule has 1 aromatic heterocycles. The van der Waals surface area contributed by atoms with Gasteiger partial charge < -0.3 is 16.4 Å². The van der Waals surface area contributed by atoms with Crippen LogP contribution in [0.5, 0.6) is 0 Å². The third kappa shape index (κ3) is 3.05. The zero-order valence-electron chi connectivity index (χ0n) is 15.1. The second-order valence-corrected chi connectivity index (χ2v) is 8.53. The van der Waals surface area contributed by atoms with Gasteiger partial charge in [-0.15, -0.1) is 0 Å². The van der Waals surface area contributed by atoms with Crippen molar-refractivity contribution in [2.75, 3.05) is 24.2 Å². The van der Waals surface area contributed by atoms with Crippen LogP contribution >= 0.6 is 0 Å². The number of fused-ring (bicyclic) bond motifs is 1. The molecule has 4 N–H and O–H groups in total. The van der Waals surface area contributed by atoms with Gasteiger partial charge in [-0.3, -0.25) is 19.1 Å². The molecule has 3 rings (SSSR count). The standard InChI is InChI=1S/C17H21N5O4S/c1-9-6-13-14(20-4-5-27(13,25)26)17(24)22(9)15-12(7-19-8-23)10(2)11(3)21-16(15)18/h6,8,11,20H,2,4-5,7H2,1,3H3,(H2,18,21)(H,19,23). The molecule has 1 atom stereocenters. The molecular formula is C17H21N5O4S. The highest BCUT2D eigenvalue weighted by Gasteiger charge is 2.31. The SMILES string of the molecule is C=C1C(CNC=O)=C(n2c(C)cc3c(c2=O)NCCS3(=O)=O)C(N)=NC1C. The van der Waals surface area contributed by atoms with Crippen LogP contribution in [0.4, 0.5) is 5.69 Å². The minimum Gasteiger partial charge on any atom is -0.382 e. The summed E-state index contributed by atoms with van der Waals surface area (Å²) < 4.78 is 26.0. The summed E-state index contributed by atoms with van der Waals surface area (Å²) in [4.78, 5) is 28.2. The lowest BCUT2D eigenvalue weighted by molar-refractivity contribution is -0.109. The summed E-state index contributed by atoms with van der Waals surface area (Å²) in [5, 5.41) is 5.44. The van der Waals surface area contributed by atoms with Crippen LogP contribution in [0.15, 0.2) is 38.5 Å². The van der Waals surface area contributed by atoms with Crippen molar-refractivity contribution in [2.45, 2.75) is 24.8 Å². The van der Waals surface area contributed by atoms with Crippen molar-refractivity contribution in [3.05, 3.63) is 39.8 Å². The van der Waals surface area contributed by atoms with Crippen LogP contribution in [-0.4, -0.2) is 50.1 Å². The molecule has 0 aliphatic carbocycles. The maximum Gasteiger partial charge on any atom is 0.280 e. The van der Waals surface area contributed by atoms with E-state index < -0.39 is 15.4 Å². The quantitative estimate of drug-likeness (QED) is 0.599. The molecule has 0 fully saturated rings. The van der Waals surface area contributed by atoms with Crippen molar-refractivity contribution in [3.8, 4) is 0 Å². The molecule has 0 saturated carbocycles. The lowest BCUT2D eigenvalue weighted by Gasteiger charge is -2.28. The molecule has 9 nitrogen and oxygen atoms in total. The first-order valence-corrected chi connectivity index (χ1v) is 10.0. The van der Waals surface area contributed by atoms with E-state index in [0.29, 0.717) is 28.9 Å². The number of nitrogens with one attached hydrogen (secondary N) is 2.